The summed E-state index contributed by atoms with van der Waals surface area (Å²) < 4.78 is 4.95. The Kier molecular flexibility index (Phi) is 15.8. The molecule has 0 atom stereocenters. The number of aromatic nitrogens is 2. The van der Waals surface area contributed by atoms with Crippen molar-refractivity contribution >= 4 is 55.9 Å². The van der Waals surface area contributed by atoms with E-state index in [1.54, 1.807) is 0 Å². The number of hydrogen-bond acceptors (Lipinski definition) is 2. The van der Waals surface area contributed by atoms with Gasteiger partial charge in [-0.25, -0.2) is 0 Å². The number of nitrogens with zero attached hydrogens (tertiary/aromatic N) is 4. The fourth-order valence-corrected chi connectivity index (χ4v) is 16.6. The second-order valence-corrected chi connectivity index (χ2v) is 27.1. The van der Waals surface area contributed by atoms with Crippen LogP contribution >= 0.6 is 0 Å². The minimum atomic E-state index is -0.812. The van der Waals surface area contributed by atoms with E-state index < -0.39 is 5.41 Å². The van der Waals surface area contributed by atoms with E-state index in [0.29, 0.717) is 0 Å². The first-order chi connectivity index (χ1) is 52.1. The third-order valence-electron chi connectivity index (χ3n) is 21.2. The molecule has 1 aliphatic carbocycles. The van der Waals surface area contributed by atoms with Gasteiger partial charge in [-0.15, -0.1) is 0 Å². The molecule has 0 spiro atoms. The molecule has 0 aliphatic heterocycles. The lowest BCUT2D eigenvalue weighted by Gasteiger charge is -2.35. The smallest absolute Gasteiger partial charge is 0.0715 e. The van der Waals surface area contributed by atoms with Crippen LogP contribution in [0.5, 0.6) is 0 Å². The van der Waals surface area contributed by atoms with Crippen molar-refractivity contribution in [2.75, 3.05) is 9.80 Å². The lowest BCUT2D eigenvalue weighted by atomic mass is 9.67. The van der Waals surface area contributed by atoms with Gasteiger partial charge in [0.2, 0.25) is 0 Å². The Labute approximate surface area is 612 Å². The molecule has 0 saturated heterocycles. The third kappa shape index (κ3) is 10.9. The van der Waals surface area contributed by atoms with Gasteiger partial charge < -0.3 is 18.9 Å². The van der Waals surface area contributed by atoms with E-state index in [4.69, 9.17) is 0 Å². The number of fused-ring (bicyclic) bond motifs is 5. The number of para-hydroxylation sites is 2. The molecule has 1 aliphatic rings. The molecule has 0 radical (unpaired) electrons. The van der Waals surface area contributed by atoms with Gasteiger partial charge in [-0.05, 0) is 175 Å². The molecule has 0 N–H and O–H groups in total. The molecule has 105 heavy (non-hydrogen) atoms. The molecule has 4 nitrogen and oxygen atoms in total. The van der Waals surface area contributed by atoms with E-state index in [9.17, 15) is 0 Å². The first-order valence-corrected chi connectivity index (χ1v) is 36.1. The molecular formula is C101H70N4. The van der Waals surface area contributed by atoms with Gasteiger partial charge in [0.15, 0.2) is 0 Å². The van der Waals surface area contributed by atoms with Gasteiger partial charge in [0.05, 0.1) is 27.8 Å². The van der Waals surface area contributed by atoms with Crippen molar-refractivity contribution in [1.82, 2.24) is 9.13 Å². The van der Waals surface area contributed by atoms with E-state index in [1.807, 2.05) is 0 Å². The third-order valence-corrected chi connectivity index (χ3v) is 21.2. The molecule has 19 rings (SSSR count). The Morgan fingerprint density at radius 3 is 0.790 bits per heavy atom. The standard InChI is InChI=1S/C101H70N4/c1-11-31-71(32-12-1)73-51-55-83(56-52-73)102(87-61-65-91-95(69-87)104(81-47-27-9-28-48-81)99(77-39-19-5-20-40-77)97(91)75-35-15-3-16-36-75)85-59-63-89-90-64-60-86(68-94(90)101(93(89)67-85,79-43-23-7-24-44-79)80-45-25-8-26-46-80)103(84-57-53-74(54-58-84)72-33-13-2-14-34-72)88-62-66-92-96(70-88)105(82-49-29-10-30-50-82)100(78-41-21-6-22-42-78)98(92)76-37-17-4-18-38-76/h1-70H. The van der Waals surface area contributed by atoms with Gasteiger partial charge in [0.25, 0.3) is 0 Å². The van der Waals surface area contributed by atoms with Crippen LogP contribution in [0.2, 0.25) is 0 Å². The highest BCUT2D eigenvalue weighted by Gasteiger charge is 2.47. The molecule has 18 aromatic rings. The van der Waals surface area contributed by atoms with Gasteiger partial charge in [-0.3, -0.25) is 0 Å². The maximum atomic E-state index is 2.51. The van der Waals surface area contributed by atoms with Crippen LogP contribution in [0.25, 0.3) is 111 Å². The first-order valence-electron chi connectivity index (χ1n) is 36.1. The van der Waals surface area contributed by atoms with Crippen LogP contribution in [0.4, 0.5) is 34.1 Å². The Balaban J connectivity index is 0.846. The molecular weight excluding hydrogens is 1270 g/mol. The van der Waals surface area contributed by atoms with Crippen molar-refractivity contribution in [1.29, 1.82) is 0 Å². The summed E-state index contributed by atoms with van der Waals surface area (Å²) in [6.45, 7) is 0. The highest BCUT2D eigenvalue weighted by molar-refractivity contribution is 6.09. The average molecular weight is 1340 g/mol. The highest BCUT2D eigenvalue weighted by Crippen LogP contribution is 2.59. The predicted molar refractivity (Wildman–Crippen MR) is 439 cm³/mol. The lowest BCUT2D eigenvalue weighted by Crippen LogP contribution is -2.29. The van der Waals surface area contributed by atoms with Crippen molar-refractivity contribution in [3.63, 3.8) is 0 Å². The summed E-state index contributed by atoms with van der Waals surface area (Å²) >= 11 is 0. The Morgan fingerprint density at radius 2 is 0.457 bits per heavy atom. The second-order valence-electron chi connectivity index (χ2n) is 27.1. The summed E-state index contributed by atoms with van der Waals surface area (Å²) in [6.07, 6.45) is 0. The Bertz CT molecular complexity index is 5740. The molecule has 0 bridgehead atoms. The number of anilines is 6. The van der Waals surface area contributed by atoms with Crippen LogP contribution in [-0.4, -0.2) is 9.13 Å². The SMILES string of the molecule is c1ccc(-c2ccc(N(c3ccc4c(c3)C(c3ccccc3)(c3ccccc3)c3cc(N(c5ccc(-c6ccccc6)cc5)c5ccc6c(-c7ccccc7)c(-c7ccccc7)n(-c7ccccc7)c6c5)ccc3-4)c3ccc4c(-c5ccccc5)c(-c5ccccc5)n(-c5ccccc5)c4c3)cc2)cc1. The maximum absolute atomic E-state index is 2.51. The molecule has 0 amide bonds. The van der Waals surface area contributed by atoms with Crippen molar-refractivity contribution in [3.8, 4) is 89.5 Å². The minimum absolute atomic E-state index is 0.812. The zero-order valence-electron chi connectivity index (χ0n) is 57.7. The first kappa shape index (κ1) is 62.2. The van der Waals surface area contributed by atoms with Gasteiger partial charge >= 0.3 is 0 Å². The molecule has 2 aromatic heterocycles. The van der Waals surface area contributed by atoms with Crippen LogP contribution in [0.1, 0.15) is 22.3 Å². The quantitative estimate of drug-likeness (QED) is 0.0959. The van der Waals surface area contributed by atoms with Crippen LogP contribution in [0.3, 0.4) is 0 Å². The van der Waals surface area contributed by atoms with E-state index in [2.05, 4.69) is 444 Å². The Morgan fingerprint density at radius 1 is 0.200 bits per heavy atom. The monoisotopic (exact) mass is 1340 g/mol. The number of hydrogen-bond donors (Lipinski definition) is 0. The van der Waals surface area contributed by atoms with E-state index in [1.165, 1.54) is 66.4 Å². The predicted octanol–water partition coefficient (Wildman–Crippen LogP) is 26.9. The van der Waals surface area contributed by atoms with Crippen LogP contribution in [0, 0.1) is 0 Å². The summed E-state index contributed by atoms with van der Waals surface area (Å²) in [5, 5.41) is 2.33. The normalized spacial score (nSPS) is 12.1. The molecule has 0 fully saturated rings. The van der Waals surface area contributed by atoms with Gasteiger partial charge in [0, 0.05) is 67.4 Å². The fraction of sp³-hybridized carbons (Fsp3) is 0.00990. The van der Waals surface area contributed by atoms with Gasteiger partial charge in [-0.2, -0.15) is 0 Å². The highest BCUT2D eigenvalue weighted by atomic mass is 15.2. The zero-order valence-corrected chi connectivity index (χ0v) is 57.7. The van der Waals surface area contributed by atoms with Gasteiger partial charge in [0.1, 0.15) is 0 Å². The number of rotatable bonds is 16. The number of benzene rings is 16. The Hall–Kier alpha value is -13.8. The molecule has 2 heterocycles. The van der Waals surface area contributed by atoms with Crippen LogP contribution in [0.15, 0.2) is 425 Å². The lowest BCUT2D eigenvalue weighted by molar-refractivity contribution is 0.768. The largest absolute Gasteiger partial charge is 0.310 e. The van der Waals surface area contributed by atoms with E-state index >= 15 is 0 Å². The maximum Gasteiger partial charge on any atom is 0.0715 e. The molecule has 0 unspecified atom stereocenters. The van der Waals surface area contributed by atoms with Crippen LogP contribution < -0.4 is 9.80 Å². The summed E-state index contributed by atoms with van der Waals surface area (Å²) in [7, 11) is 0. The second kappa shape index (κ2) is 26.6. The molecule has 0 saturated carbocycles. The topological polar surface area (TPSA) is 16.3 Å². The van der Waals surface area contributed by atoms with Crippen molar-refractivity contribution in [3.05, 3.63) is 447 Å². The fourth-order valence-electron chi connectivity index (χ4n) is 16.6. The summed E-state index contributed by atoms with van der Waals surface area (Å²) in [5.74, 6) is 0. The summed E-state index contributed by atoms with van der Waals surface area (Å²) in [5.41, 5.74) is 30.8. The minimum Gasteiger partial charge on any atom is -0.310 e. The van der Waals surface area contributed by atoms with E-state index in [-0.39, 0.29) is 0 Å². The van der Waals surface area contributed by atoms with Gasteiger partial charge in [-0.1, -0.05) is 328 Å². The van der Waals surface area contributed by atoms with Crippen molar-refractivity contribution in [2.45, 2.75) is 5.41 Å². The van der Waals surface area contributed by atoms with E-state index in [0.717, 1.165) is 101 Å². The molecule has 494 valence electrons. The molecule has 16 aromatic carbocycles. The van der Waals surface area contributed by atoms with Crippen molar-refractivity contribution in [2.24, 2.45) is 0 Å². The summed E-state index contributed by atoms with van der Waals surface area (Å²) in [4.78, 5) is 4.95. The summed E-state index contributed by atoms with van der Waals surface area (Å²) in [6, 6.07) is 156. The average Bonchev–Trinajstić information content (AvgIpc) is 1.54. The zero-order chi connectivity index (χ0) is 69.6. The van der Waals surface area contributed by atoms with Crippen LogP contribution in [-0.2, 0) is 5.41 Å². The molecule has 4 heteroatoms. The van der Waals surface area contributed by atoms with Crippen molar-refractivity contribution < 1.29 is 0 Å².